The Balaban J connectivity index is 1.67. The van der Waals surface area contributed by atoms with Crippen molar-refractivity contribution in [3.8, 4) is 0 Å². The summed E-state index contributed by atoms with van der Waals surface area (Å²) in [5, 5.41) is 0. The molecule has 1 amide bonds. The number of para-hydroxylation sites is 1. The SMILES string of the molecule is CC(C)CCc1nc2c(N3CCC4(CC3)COC4)cccc2n1C(N)=O. The van der Waals surface area contributed by atoms with Gasteiger partial charge in [-0.25, -0.2) is 14.3 Å². The molecule has 2 saturated heterocycles. The Kier molecular flexibility index (Phi) is 4.39. The summed E-state index contributed by atoms with van der Waals surface area (Å²) in [5.41, 5.74) is 8.91. The summed E-state index contributed by atoms with van der Waals surface area (Å²) in [7, 11) is 0. The fraction of sp³-hybridized carbons (Fsp3) is 0.600. The van der Waals surface area contributed by atoms with E-state index in [0.717, 1.165) is 74.5 Å². The molecular formula is C20H28N4O2. The van der Waals surface area contributed by atoms with Crippen LogP contribution in [0.15, 0.2) is 18.2 Å². The highest BCUT2D eigenvalue weighted by molar-refractivity contribution is 5.95. The smallest absolute Gasteiger partial charge is 0.324 e. The van der Waals surface area contributed by atoms with E-state index in [0.29, 0.717) is 11.3 Å². The number of anilines is 1. The van der Waals surface area contributed by atoms with Crippen LogP contribution in [0.25, 0.3) is 11.0 Å². The van der Waals surface area contributed by atoms with Crippen LogP contribution in [0.2, 0.25) is 0 Å². The normalized spacial score (nSPS) is 19.3. The van der Waals surface area contributed by atoms with Crippen LogP contribution in [0.4, 0.5) is 10.5 Å². The molecule has 2 aliphatic rings. The molecule has 2 N–H and O–H groups in total. The number of primary amides is 1. The highest BCUT2D eigenvalue weighted by Crippen LogP contribution is 2.40. The van der Waals surface area contributed by atoms with Crippen LogP contribution in [-0.4, -0.2) is 41.9 Å². The van der Waals surface area contributed by atoms with Gasteiger partial charge in [0.2, 0.25) is 0 Å². The van der Waals surface area contributed by atoms with E-state index >= 15 is 0 Å². The van der Waals surface area contributed by atoms with Gasteiger partial charge in [-0.05, 0) is 37.3 Å². The number of benzene rings is 1. The van der Waals surface area contributed by atoms with Gasteiger partial charge >= 0.3 is 6.03 Å². The molecule has 2 aromatic rings. The number of hydrogen-bond donors (Lipinski definition) is 1. The summed E-state index contributed by atoms with van der Waals surface area (Å²) in [6.07, 6.45) is 4.05. The first-order valence-corrected chi connectivity index (χ1v) is 9.62. The molecule has 0 atom stereocenters. The highest BCUT2D eigenvalue weighted by Gasteiger charge is 2.41. The van der Waals surface area contributed by atoms with Crippen molar-refractivity contribution in [2.45, 2.75) is 39.5 Å². The third-order valence-corrected chi connectivity index (χ3v) is 5.88. The average Bonchev–Trinajstić information content (AvgIpc) is 2.97. The number of piperidine rings is 1. The quantitative estimate of drug-likeness (QED) is 0.913. The van der Waals surface area contributed by atoms with E-state index in [2.05, 4.69) is 24.8 Å². The van der Waals surface area contributed by atoms with Crippen LogP contribution < -0.4 is 10.6 Å². The first kappa shape index (κ1) is 17.3. The molecule has 0 radical (unpaired) electrons. The first-order chi connectivity index (χ1) is 12.5. The van der Waals surface area contributed by atoms with Crippen molar-refractivity contribution in [3.05, 3.63) is 24.0 Å². The fourth-order valence-corrected chi connectivity index (χ4v) is 4.12. The Bertz CT molecular complexity index is 813. The number of imidazole rings is 1. The maximum atomic E-state index is 12.1. The molecule has 6 heteroatoms. The van der Waals surface area contributed by atoms with Gasteiger partial charge in [0.05, 0.1) is 24.4 Å². The number of hydrogen-bond acceptors (Lipinski definition) is 4. The molecule has 1 aromatic heterocycles. The Hall–Kier alpha value is -2.08. The number of carbonyl (C=O) groups excluding carboxylic acids is 1. The van der Waals surface area contributed by atoms with Crippen molar-refractivity contribution in [2.75, 3.05) is 31.2 Å². The molecule has 0 bridgehead atoms. The summed E-state index contributed by atoms with van der Waals surface area (Å²) in [4.78, 5) is 19.3. The summed E-state index contributed by atoms with van der Waals surface area (Å²) in [6, 6.07) is 5.61. The molecule has 0 saturated carbocycles. The van der Waals surface area contributed by atoms with E-state index in [4.69, 9.17) is 15.5 Å². The number of amides is 1. The largest absolute Gasteiger partial charge is 0.380 e. The minimum Gasteiger partial charge on any atom is -0.380 e. The number of aromatic nitrogens is 2. The number of carbonyl (C=O) groups is 1. The number of nitrogens with two attached hydrogens (primary N) is 1. The minimum absolute atomic E-state index is 0.402. The van der Waals surface area contributed by atoms with E-state index in [-0.39, 0.29) is 0 Å². The lowest BCUT2D eigenvalue weighted by atomic mass is 9.77. The molecule has 1 aromatic carbocycles. The van der Waals surface area contributed by atoms with Gasteiger partial charge in [-0.15, -0.1) is 0 Å². The van der Waals surface area contributed by atoms with Crippen LogP contribution in [0.3, 0.4) is 0 Å². The van der Waals surface area contributed by atoms with E-state index in [1.807, 2.05) is 12.1 Å². The van der Waals surface area contributed by atoms with Crippen molar-refractivity contribution < 1.29 is 9.53 Å². The van der Waals surface area contributed by atoms with Crippen LogP contribution in [0.1, 0.15) is 38.9 Å². The molecule has 4 rings (SSSR count). The zero-order valence-electron chi connectivity index (χ0n) is 15.7. The van der Waals surface area contributed by atoms with Gasteiger partial charge in [0.1, 0.15) is 11.3 Å². The van der Waals surface area contributed by atoms with Crippen molar-refractivity contribution in [2.24, 2.45) is 17.1 Å². The molecule has 0 aliphatic carbocycles. The van der Waals surface area contributed by atoms with Gasteiger partial charge in [0.15, 0.2) is 0 Å². The number of rotatable bonds is 4. The molecule has 2 aliphatic heterocycles. The maximum Gasteiger partial charge on any atom is 0.324 e. The highest BCUT2D eigenvalue weighted by atomic mass is 16.5. The van der Waals surface area contributed by atoms with Gasteiger partial charge in [0.25, 0.3) is 0 Å². The summed E-state index contributed by atoms with van der Waals surface area (Å²) < 4.78 is 7.02. The van der Waals surface area contributed by atoms with Gasteiger partial charge in [-0.2, -0.15) is 0 Å². The number of nitrogens with zero attached hydrogens (tertiary/aromatic N) is 3. The number of ether oxygens (including phenoxy) is 1. The van der Waals surface area contributed by atoms with E-state index in [1.54, 1.807) is 4.57 Å². The zero-order chi connectivity index (χ0) is 18.3. The summed E-state index contributed by atoms with van der Waals surface area (Å²) in [5.74, 6) is 1.33. The number of aryl methyl sites for hydroxylation is 1. The second kappa shape index (κ2) is 6.58. The second-order valence-electron chi connectivity index (χ2n) is 8.26. The van der Waals surface area contributed by atoms with Crippen molar-refractivity contribution in [1.82, 2.24) is 9.55 Å². The Morgan fingerprint density at radius 1 is 1.31 bits per heavy atom. The molecule has 26 heavy (non-hydrogen) atoms. The molecule has 2 fully saturated rings. The number of fused-ring (bicyclic) bond motifs is 1. The monoisotopic (exact) mass is 356 g/mol. The van der Waals surface area contributed by atoms with Crippen LogP contribution in [-0.2, 0) is 11.2 Å². The van der Waals surface area contributed by atoms with E-state index in [9.17, 15) is 4.79 Å². The van der Waals surface area contributed by atoms with E-state index in [1.165, 1.54) is 0 Å². The third kappa shape index (κ3) is 2.96. The van der Waals surface area contributed by atoms with Crippen LogP contribution in [0.5, 0.6) is 0 Å². The summed E-state index contributed by atoms with van der Waals surface area (Å²) in [6.45, 7) is 8.18. The lowest BCUT2D eigenvalue weighted by Gasteiger charge is -2.47. The maximum absolute atomic E-state index is 12.1. The fourth-order valence-electron chi connectivity index (χ4n) is 4.12. The topological polar surface area (TPSA) is 73.4 Å². The van der Waals surface area contributed by atoms with Crippen LogP contribution >= 0.6 is 0 Å². The predicted octanol–water partition coefficient (Wildman–Crippen LogP) is 3.17. The molecule has 140 valence electrons. The Morgan fingerprint density at radius 3 is 2.62 bits per heavy atom. The molecular weight excluding hydrogens is 328 g/mol. The minimum atomic E-state index is -0.451. The standard InChI is InChI=1S/C20H28N4O2/c1-14(2)6-7-17-22-18-15(4-3-5-16(18)24(17)19(21)25)23-10-8-20(9-11-23)12-26-13-20/h3-5,14H,6-13H2,1-2H3,(H2,21,25). The lowest BCUT2D eigenvalue weighted by Crippen LogP contribution is -2.51. The van der Waals surface area contributed by atoms with Gasteiger partial charge < -0.3 is 15.4 Å². The molecule has 6 nitrogen and oxygen atoms in total. The lowest BCUT2D eigenvalue weighted by molar-refractivity contribution is -0.124. The van der Waals surface area contributed by atoms with Gasteiger partial charge in [0, 0.05) is 24.9 Å². The van der Waals surface area contributed by atoms with Crippen molar-refractivity contribution in [3.63, 3.8) is 0 Å². The first-order valence-electron chi connectivity index (χ1n) is 9.62. The van der Waals surface area contributed by atoms with E-state index < -0.39 is 6.03 Å². The average molecular weight is 356 g/mol. The Labute approximate surface area is 154 Å². The van der Waals surface area contributed by atoms with Gasteiger partial charge in [-0.3, -0.25) is 0 Å². The molecule has 3 heterocycles. The zero-order valence-corrected chi connectivity index (χ0v) is 15.7. The second-order valence-corrected chi connectivity index (χ2v) is 8.26. The van der Waals surface area contributed by atoms with Crippen molar-refractivity contribution >= 4 is 22.8 Å². The van der Waals surface area contributed by atoms with Gasteiger partial charge in [-0.1, -0.05) is 19.9 Å². The summed E-state index contributed by atoms with van der Waals surface area (Å²) >= 11 is 0. The van der Waals surface area contributed by atoms with Crippen LogP contribution in [0, 0.1) is 11.3 Å². The molecule has 0 unspecified atom stereocenters. The Morgan fingerprint density at radius 2 is 2.04 bits per heavy atom. The third-order valence-electron chi connectivity index (χ3n) is 5.88. The predicted molar refractivity (Wildman–Crippen MR) is 103 cm³/mol. The molecule has 1 spiro atoms. The van der Waals surface area contributed by atoms with Crippen molar-refractivity contribution in [1.29, 1.82) is 0 Å².